The number of benzene rings is 3. The van der Waals surface area contributed by atoms with E-state index in [0.717, 1.165) is 0 Å². The highest BCUT2D eigenvalue weighted by Gasteiger charge is 2.00. The van der Waals surface area contributed by atoms with Crippen LogP contribution in [0, 0.1) is 0 Å². The van der Waals surface area contributed by atoms with Crippen molar-refractivity contribution in [3.63, 3.8) is 0 Å². The first-order valence-electron chi connectivity index (χ1n) is 7.22. The zero-order valence-electron chi connectivity index (χ0n) is 11.9. The summed E-state index contributed by atoms with van der Waals surface area (Å²) in [6, 6.07) is 27.4. The zero-order chi connectivity index (χ0) is 14.5. The number of rotatable bonds is 4. The maximum Gasteiger partial charge on any atom is 0.0471 e. The van der Waals surface area contributed by atoms with Gasteiger partial charge in [0.25, 0.3) is 0 Å². The zero-order valence-corrected chi connectivity index (χ0v) is 11.9. The fraction of sp³-hybridized carbons (Fsp3) is 0.100. The molecule has 0 saturated carbocycles. The summed E-state index contributed by atoms with van der Waals surface area (Å²) in [5.41, 5.74) is 6.06. The van der Waals surface area contributed by atoms with Crippen LogP contribution in [0.15, 0.2) is 78.9 Å². The minimum absolute atomic E-state index is 0.200. The standard InChI is InChI=1S/C20H18O/c21-15-14-16-6-8-18(9-7-16)20-12-10-19(11-13-20)17-4-2-1-3-5-17/h1-13,21H,14-15H2. The smallest absolute Gasteiger partial charge is 0.0471 e. The van der Waals surface area contributed by atoms with E-state index in [9.17, 15) is 0 Å². The van der Waals surface area contributed by atoms with Gasteiger partial charge in [-0.2, -0.15) is 0 Å². The van der Waals surface area contributed by atoms with Crippen LogP contribution in [0.25, 0.3) is 22.3 Å². The molecule has 0 fully saturated rings. The molecule has 0 atom stereocenters. The molecule has 0 aromatic heterocycles. The van der Waals surface area contributed by atoms with E-state index in [-0.39, 0.29) is 6.61 Å². The third kappa shape index (κ3) is 3.21. The SMILES string of the molecule is OCCc1ccc(-c2ccc(-c3ccccc3)cc2)cc1. The molecule has 3 aromatic rings. The second kappa shape index (κ2) is 6.38. The van der Waals surface area contributed by atoms with E-state index in [0.29, 0.717) is 6.42 Å². The van der Waals surface area contributed by atoms with E-state index in [2.05, 4.69) is 72.8 Å². The highest BCUT2D eigenvalue weighted by Crippen LogP contribution is 2.25. The van der Waals surface area contributed by atoms with Gasteiger partial charge in [-0.3, -0.25) is 0 Å². The molecule has 104 valence electrons. The molecule has 1 heteroatoms. The van der Waals surface area contributed by atoms with Gasteiger partial charge in [0.05, 0.1) is 0 Å². The monoisotopic (exact) mass is 274 g/mol. The van der Waals surface area contributed by atoms with E-state index >= 15 is 0 Å². The molecule has 1 nitrogen and oxygen atoms in total. The van der Waals surface area contributed by atoms with E-state index in [1.54, 1.807) is 0 Å². The Labute approximate surface area is 125 Å². The molecule has 1 N–H and O–H groups in total. The Balaban J connectivity index is 1.84. The molecule has 0 unspecified atom stereocenters. The van der Waals surface area contributed by atoms with Gasteiger partial charge < -0.3 is 5.11 Å². The summed E-state index contributed by atoms with van der Waals surface area (Å²) >= 11 is 0. The first-order valence-corrected chi connectivity index (χ1v) is 7.22. The maximum atomic E-state index is 8.94. The van der Waals surface area contributed by atoms with Gasteiger partial charge in [0.2, 0.25) is 0 Å². The van der Waals surface area contributed by atoms with Gasteiger partial charge in [-0.15, -0.1) is 0 Å². The van der Waals surface area contributed by atoms with Crippen molar-refractivity contribution in [3.05, 3.63) is 84.4 Å². The summed E-state index contributed by atoms with van der Waals surface area (Å²) in [7, 11) is 0. The molecular formula is C20H18O. The summed E-state index contributed by atoms with van der Waals surface area (Å²) in [5, 5.41) is 8.94. The Morgan fingerprint density at radius 3 is 1.43 bits per heavy atom. The van der Waals surface area contributed by atoms with E-state index < -0.39 is 0 Å². The van der Waals surface area contributed by atoms with Crippen molar-refractivity contribution in [2.24, 2.45) is 0 Å². The average Bonchev–Trinajstić information content (AvgIpc) is 2.57. The van der Waals surface area contributed by atoms with E-state index in [1.165, 1.54) is 27.8 Å². The number of hydrogen-bond donors (Lipinski definition) is 1. The molecule has 3 aromatic carbocycles. The molecule has 0 amide bonds. The Morgan fingerprint density at radius 2 is 0.952 bits per heavy atom. The lowest BCUT2D eigenvalue weighted by atomic mass is 9.99. The second-order valence-corrected chi connectivity index (χ2v) is 5.11. The molecule has 0 radical (unpaired) electrons. The molecule has 3 rings (SSSR count). The molecule has 0 aliphatic rings. The lowest BCUT2D eigenvalue weighted by Gasteiger charge is -2.06. The summed E-state index contributed by atoms with van der Waals surface area (Å²) in [5.74, 6) is 0. The number of hydrogen-bond acceptors (Lipinski definition) is 1. The van der Waals surface area contributed by atoms with Crippen LogP contribution in [0.3, 0.4) is 0 Å². The maximum absolute atomic E-state index is 8.94. The number of aliphatic hydroxyl groups is 1. The molecule has 0 aliphatic carbocycles. The van der Waals surface area contributed by atoms with Crippen molar-refractivity contribution in [3.8, 4) is 22.3 Å². The fourth-order valence-electron chi connectivity index (χ4n) is 2.48. The molecule has 21 heavy (non-hydrogen) atoms. The van der Waals surface area contributed by atoms with E-state index in [1.807, 2.05) is 6.07 Å². The predicted octanol–water partition coefficient (Wildman–Crippen LogP) is 4.56. The van der Waals surface area contributed by atoms with Crippen LogP contribution in [0.1, 0.15) is 5.56 Å². The van der Waals surface area contributed by atoms with Gasteiger partial charge in [-0.1, -0.05) is 78.9 Å². The Morgan fingerprint density at radius 1 is 0.524 bits per heavy atom. The number of aliphatic hydroxyl groups excluding tert-OH is 1. The van der Waals surface area contributed by atoms with Gasteiger partial charge in [-0.05, 0) is 34.2 Å². The van der Waals surface area contributed by atoms with Crippen molar-refractivity contribution < 1.29 is 5.11 Å². The van der Waals surface area contributed by atoms with Crippen molar-refractivity contribution in [2.75, 3.05) is 6.61 Å². The topological polar surface area (TPSA) is 20.2 Å². The van der Waals surface area contributed by atoms with Gasteiger partial charge in [0.15, 0.2) is 0 Å². The molecule has 0 bridgehead atoms. The van der Waals surface area contributed by atoms with Crippen LogP contribution in [0.2, 0.25) is 0 Å². The summed E-state index contributed by atoms with van der Waals surface area (Å²) < 4.78 is 0. The lowest BCUT2D eigenvalue weighted by molar-refractivity contribution is 0.299. The minimum atomic E-state index is 0.200. The Hall–Kier alpha value is -2.38. The highest BCUT2D eigenvalue weighted by molar-refractivity contribution is 5.70. The van der Waals surface area contributed by atoms with Crippen LogP contribution in [0.5, 0.6) is 0 Å². The van der Waals surface area contributed by atoms with Gasteiger partial charge in [0, 0.05) is 6.61 Å². The van der Waals surface area contributed by atoms with Gasteiger partial charge in [0.1, 0.15) is 0 Å². The second-order valence-electron chi connectivity index (χ2n) is 5.11. The van der Waals surface area contributed by atoms with Crippen molar-refractivity contribution in [1.82, 2.24) is 0 Å². The summed E-state index contributed by atoms with van der Waals surface area (Å²) in [6.07, 6.45) is 0.716. The molecular weight excluding hydrogens is 256 g/mol. The third-order valence-electron chi connectivity index (χ3n) is 3.68. The first kappa shape index (κ1) is 13.6. The van der Waals surface area contributed by atoms with Crippen LogP contribution in [0.4, 0.5) is 0 Å². The van der Waals surface area contributed by atoms with Crippen LogP contribution >= 0.6 is 0 Å². The molecule has 0 saturated heterocycles. The molecule has 0 heterocycles. The van der Waals surface area contributed by atoms with Crippen molar-refractivity contribution in [1.29, 1.82) is 0 Å². The third-order valence-corrected chi connectivity index (χ3v) is 3.68. The molecule has 0 aliphatic heterocycles. The summed E-state index contributed by atoms with van der Waals surface area (Å²) in [6.45, 7) is 0.200. The summed E-state index contributed by atoms with van der Waals surface area (Å²) in [4.78, 5) is 0. The van der Waals surface area contributed by atoms with Crippen molar-refractivity contribution >= 4 is 0 Å². The molecule has 0 spiro atoms. The van der Waals surface area contributed by atoms with E-state index in [4.69, 9.17) is 5.11 Å². The minimum Gasteiger partial charge on any atom is -0.396 e. The van der Waals surface area contributed by atoms with Crippen LogP contribution in [-0.4, -0.2) is 11.7 Å². The van der Waals surface area contributed by atoms with Crippen LogP contribution in [-0.2, 0) is 6.42 Å². The fourth-order valence-corrected chi connectivity index (χ4v) is 2.48. The predicted molar refractivity (Wildman–Crippen MR) is 88.1 cm³/mol. The normalized spacial score (nSPS) is 10.5. The van der Waals surface area contributed by atoms with Crippen LogP contribution < -0.4 is 0 Å². The quantitative estimate of drug-likeness (QED) is 0.739. The first-order chi connectivity index (χ1) is 10.4. The van der Waals surface area contributed by atoms with Crippen molar-refractivity contribution in [2.45, 2.75) is 6.42 Å². The Kier molecular flexibility index (Phi) is 4.13. The van der Waals surface area contributed by atoms with Gasteiger partial charge >= 0.3 is 0 Å². The largest absolute Gasteiger partial charge is 0.396 e. The average molecular weight is 274 g/mol. The lowest BCUT2D eigenvalue weighted by Crippen LogP contribution is -1.89. The highest BCUT2D eigenvalue weighted by atomic mass is 16.2. The Bertz CT molecular complexity index is 682. The van der Waals surface area contributed by atoms with Gasteiger partial charge in [-0.25, -0.2) is 0 Å².